The summed E-state index contributed by atoms with van der Waals surface area (Å²) in [4.78, 5) is 2.03. The molecule has 1 aliphatic carbocycles. The summed E-state index contributed by atoms with van der Waals surface area (Å²) >= 11 is 5.66. The first-order chi connectivity index (χ1) is 12.0. The van der Waals surface area contributed by atoms with Crippen molar-refractivity contribution < 1.29 is 14.6 Å². The number of benzene rings is 1. The number of ether oxygens (including phenoxy) is 2. The summed E-state index contributed by atoms with van der Waals surface area (Å²) in [6.07, 6.45) is 4.31. The average Bonchev–Trinajstić information content (AvgIpc) is 2.62. The molecule has 0 aromatic heterocycles. The van der Waals surface area contributed by atoms with Crippen molar-refractivity contribution in [2.24, 2.45) is 5.92 Å². The summed E-state index contributed by atoms with van der Waals surface area (Å²) in [5.74, 6) is 2.08. The van der Waals surface area contributed by atoms with Crippen LogP contribution in [0, 0.1) is 5.92 Å². The minimum atomic E-state index is -0.655. The Balaban J connectivity index is 1.79. The second-order valence-corrected chi connectivity index (χ2v) is 7.46. The highest BCUT2D eigenvalue weighted by Crippen LogP contribution is 2.39. The fraction of sp³-hybridized carbons (Fsp3) is 0.632. The molecule has 0 radical (unpaired) electrons. The molecular formula is C19H28N2O3S. The average molecular weight is 365 g/mol. The standard InChI is InChI=1S/C19H28N2O3S/c1-12-6-4-5-7-14(12)20-19(25)21-10-13-16(23-2)8-9-17(24-3)18(13)15(22)11-21/h8-9,12,14-15,22H,4-7,10-11H2,1-3H3,(H,20,25)/t12-,14-,15+/m0/s1. The van der Waals surface area contributed by atoms with E-state index in [2.05, 4.69) is 12.2 Å². The number of nitrogens with zero attached hydrogens (tertiary/aromatic N) is 1. The van der Waals surface area contributed by atoms with Crippen LogP contribution < -0.4 is 14.8 Å². The van der Waals surface area contributed by atoms with E-state index in [0.29, 0.717) is 35.9 Å². The van der Waals surface area contributed by atoms with Crippen LogP contribution in [0.2, 0.25) is 0 Å². The molecule has 1 saturated carbocycles. The van der Waals surface area contributed by atoms with Gasteiger partial charge in [-0.2, -0.15) is 0 Å². The van der Waals surface area contributed by atoms with Gasteiger partial charge in [-0.05, 0) is 43.1 Å². The van der Waals surface area contributed by atoms with E-state index in [4.69, 9.17) is 21.7 Å². The number of β-amino-alcohol motifs (C(OH)–C–C–N with tert-alkyl or cyclic N) is 1. The van der Waals surface area contributed by atoms with Crippen LogP contribution in [-0.4, -0.2) is 41.9 Å². The highest BCUT2D eigenvalue weighted by molar-refractivity contribution is 7.80. The molecule has 1 fully saturated rings. The van der Waals surface area contributed by atoms with Crippen molar-refractivity contribution in [3.63, 3.8) is 0 Å². The third-order valence-corrected chi connectivity index (χ3v) is 5.87. The van der Waals surface area contributed by atoms with Gasteiger partial charge in [0, 0.05) is 23.7 Å². The van der Waals surface area contributed by atoms with Crippen molar-refractivity contribution >= 4 is 17.3 Å². The summed E-state index contributed by atoms with van der Waals surface area (Å²) in [5, 5.41) is 15.0. The third-order valence-electron chi connectivity index (χ3n) is 5.50. The fourth-order valence-corrected chi connectivity index (χ4v) is 4.30. The predicted octanol–water partition coefficient (Wildman–Crippen LogP) is 3.01. The van der Waals surface area contributed by atoms with Gasteiger partial charge in [0.1, 0.15) is 17.6 Å². The maximum Gasteiger partial charge on any atom is 0.169 e. The van der Waals surface area contributed by atoms with Crippen LogP contribution in [0.15, 0.2) is 12.1 Å². The first-order valence-electron chi connectivity index (χ1n) is 9.02. The van der Waals surface area contributed by atoms with E-state index >= 15 is 0 Å². The Hall–Kier alpha value is -1.53. The van der Waals surface area contributed by atoms with Gasteiger partial charge in [-0.25, -0.2) is 0 Å². The molecule has 0 spiro atoms. The molecule has 3 atom stereocenters. The van der Waals surface area contributed by atoms with E-state index in [9.17, 15) is 5.11 Å². The highest BCUT2D eigenvalue weighted by Gasteiger charge is 2.32. The molecule has 2 N–H and O–H groups in total. The molecule has 6 heteroatoms. The minimum Gasteiger partial charge on any atom is -0.496 e. The molecule has 138 valence electrons. The lowest BCUT2D eigenvalue weighted by Crippen LogP contribution is -2.49. The van der Waals surface area contributed by atoms with Crippen LogP contribution >= 0.6 is 12.2 Å². The van der Waals surface area contributed by atoms with E-state index in [1.54, 1.807) is 14.2 Å². The van der Waals surface area contributed by atoms with Gasteiger partial charge in [-0.1, -0.05) is 19.8 Å². The highest BCUT2D eigenvalue weighted by atomic mass is 32.1. The van der Waals surface area contributed by atoms with Crippen LogP contribution in [0.3, 0.4) is 0 Å². The molecule has 0 bridgehead atoms. The topological polar surface area (TPSA) is 54.0 Å². The van der Waals surface area contributed by atoms with Crippen LogP contribution in [0.1, 0.15) is 49.8 Å². The quantitative estimate of drug-likeness (QED) is 0.804. The van der Waals surface area contributed by atoms with Crippen molar-refractivity contribution in [1.29, 1.82) is 0 Å². The number of fused-ring (bicyclic) bond motifs is 1. The lowest BCUT2D eigenvalue weighted by molar-refractivity contribution is 0.120. The van der Waals surface area contributed by atoms with Gasteiger partial charge in [0.25, 0.3) is 0 Å². The number of rotatable bonds is 3. The first-order valence-corrected chi connectivity index (χ1v) is 9.43. The maximum absolute atomic E-state index is 10.7. The molecule has 1 aliphatic heterocycles. The zero-order chi connectivity index (χ0) is 18.0. The molecule has 3 rings (SSSR count). The fourth-order valence-electron chi connectivity index (χ4n) is 4.01. The maximum atomic E-state index is 10.7. The van der Waals surface area contributed by atoms with Crippen LogP contribution in [0.25, 0.3) is 0 Å². The Morgan fingerprint density at radius 1 is 1.20 bits per heavy atom. The molecule has 5 nitrogen and oxygen atoms in total. The number of aliphatic hydroxyl groups is 1. The van der Waals surface area contributed by atoms with Gasteiger partial charge in [-0.15, -0.1) is 0 Å². The molecular weight excluding hydrogens is 336 g/mol. The second-order valence-electron chi connectivity index (χ2n) is 7.08. The summed E-state index contributed by atoms with van der Waals surface area (Å²) < 4.78 is 10.9. The summed E-state index contributed by atoms with van der Waals surface area (Å²) in [6.45, 7) is 3.36. The van der Waals surface area contributed by atoms with E-state index in [-0.39, 0.29) is 0 Å². The van der Waals surface area contributed by atoms with E-state index in [0.717, 1.165) is 23.3 Å². The monoisotopic (exact) mass is 364 g/mol. The number of nitrogens with one attached hydrogen (secondary N) is 1. The largest absolute Gasteiger partial charge is 0.496 e. The summed E-state index contributed by atoms with van der Waals surface area (Å²) in [7, 11) is 3.27. The third kappa shape index (κ3) is 3.70. The van der Waals surface area contributed by atoms with Gasteiger partial charge in [0.05, 0.1) is 20.8 Å². The number of aliphatic hydroxyl groups excluding tert-OH is 1. The molecule has 1 heterocycles. The van der Waals surface area contributed by atoms with E-state index in [1.165, 1.54) is 19.3 Å². The summed E-state index contributed by atoms with van der Waals surface area (Å²) in [6, 6.07) is 4.15. The second kappa shape index (κ2) is 7.79. The number of thiocarbonyl (C=S) groups is 1. The van der Waals surface area contributed by atoms with Gasteiger partial charge < -0.3 is 24.8 Å². The zero-order valence-electron chi connectivity index (χ0n) is 15.2. The molecule has 0 amide bonds. The molecule has 0 unspecified atom stereocenters. The first kappa shape index (κ1) is 18.3. The predicted molar refractivity (Wildman–Crippen MR) is 102 cm³/mol. The van der Waals surface area contributed by atoms with Crippen molar-refractivity contribution in [3.05, 3.63) is 23.3 Å². The van der Waals surface area contributed by atoms with Crippen molar-refractivity contribution in [3.8, 4) is 11.5 Å². The molecule has 1 aromatic carbocycles. The molecule has 0 saturated heterocycles. The van der Waals surface area contributed by atoms with E-state index < -0.39 is 6.10 Å². The van der Waals surface area contributed by atoms with Crippen molar-refractivity contribution in [2.75, 3.05) is 20.8 Å². The minimum absolute atomic E-state index is 0.423. The van der Waals surface area contributed by atoms with Crippen molar-refractivity contribution in [2.45, 2.75) is 51.3 Å². The van der Waals surface area contributed by atoms with Gasteiger partial charge in [0.2, 0.25) is 0 Å². The Morgan fingerprint density at radius 2 is 1.88 bits per heavy atom. The Kier molecular flexibility index (Phi) is 5.69. The SMILES string of the molecule is COc1ccc(OC)c2c1CN(C(=S)N[C@H]1CCCC[C@@H]1C)C[C@H]2O. The van der Waals surface area contributed by atoms with Gasteiger partial charge in [0.15, 0.2) is 5.11 Å². The normalized spacial score (nSPS) is 25.9. The lowest BCUT2D eigenvalue weighted by atomic mass is 9.86. The lowest BCUT2D eigenvalue weighted by Gasteiger charge is -2.38. The van der Waals surface area contributed by atoms with Gasteiger partial charge >= 0.3 is 0 Å². The smallest absolute Gasteiger partial charge is 0.169 e. The Bertz CT molecular complexity index is 637. The van der Waals surface area contributed by atoms with Gasteiger partial charge in [-0.3, -0.25) is 0 Å². The van der Waals surface area contributed by atoms with Crippen LogP contribution in [0.5, 0.6) is 11.5 Å². The molecule has 25 heavy (non-hydrogen) atoms. The zero-order valence-corrected chi connectivity index (χ0v) is 16.1. The van der Waals surface area contributed by atoms with Crippen LogP contribution in [-0.2, 0) is 6.54 Å². The van der Waals surface area contributed by atoms with Crippen LogP contribution in [0.4, 0.5) is 0 Å². The summed E-state index contributed by atoms with van der Waals surface area (Å²) in [5.41, 5.74) is 1.76. The molecule has 1 aromatic rings. The number of methoxy groups -OCH3 is 2. The molecule has 2 aliphatic rings. The number of hydrogen-bond acceptors (Lipinski definition) is 4. The van der Waals surface area contributed by atoms with Crippen molar-refractivity contribution in [1.82, 2.24) is 10.2 Å². The van der Waals surface area contributed by atoms with E-state index in [1.807, 2.05) is 17.0 Å². The Labute approximate surface area is 155 Å². The Morgan fingerprint density at radius 3 is 2.56 bits per heavy atom. The number of hydrogen-bond donors (Lipinski definition) is 2.